The van der Waals surface area contributed by atoms with Gasteiger partial charge in [0.2, 0.25) is 0 Å². The van der Waals surface area contributed by atoms with E-state index in [4.69, 9.17) is 5.11 Å². The maximum absolute atomic E-state index is 8.95. The Kier molecular flexibility index (Phi) is 3.16. The molecule has 0 aromatic rings. The van der Waals surface area contributed by atoms with Gasteiger partial charge in [0.1, 0.15) is 0 Å². The van der Waals surface area contributed by atoms with E-state index in [0.717, 1.165) is 31.8 Å². The fourth-order valence-corrected chi connectivity index (χ4v) is 1.35. The van der Waals surface area contributed by atoms with Crippen molar-refractivity contribution in [3.63, 3.8) is 0 Å². The molecule has 0 heterocycles. The lowest BCUT2D eigenvalue weighted by molar-refractivity contribution is 0.0432. The maximum atomic E-state index is 8.95. The molecule has 1 saturated carbocycles. The summed E-state index contributed by atoms with van der Waals surface area (Å²) in [6, 6.07) is 0. The largest absolute Gasteiger partial charge is 0.393 e. The summed E-state index contributed by atoms with van der Waals surface area (Å²) in [6.07, 6.45) is 3.23. The predicted molar refractivity (Wildman–Crippen MR) is 41.9 cm³/mol. The van der Waals surface area contributed by atoms with E-state index >= 15 is 0 Å². The molecule has 0 amide bonds. The van der Waals surface area contributed by atoms with Gasteiger partial charge < -0.3 is 10.4 Å². The van der Waals surface area contributed by atoms with E-state index in [0.29, 0.717) is 0 Å². The van der Waals surface area contributed by atoms with Gasteiger partial charge in [-0.3, -0.25) is 0 Å². The summed E-state index contributed by atoms with van der Waals surface area (Å²) >= 11 is 0. The normalized spacial score (nSPS) is 31.8. The molecule has 0 spiro atoms. The molecule has 60 valence electrons. The Morgan fingerprint density at radius 2 is 2.20 bits per heavy atom. The van der Waals surface area contributed by atoms with Crippen LogP contribution in [0, 0.1) is 5.92 Å². The van der Waals surface area contributed by atoms with Gasteiger partial charge >= 0.3 is 0 Å². The van der Waals surface area contributed by atoms with Crippen LogP contribution in [-0.4, -0.2) is 24.3 Å². The maximum Gasteiger partial charge on any atom is 0.0546 e. The minimum Gasteiger partial charge on any atom is -0.393 e. The van der Waals surface area contributed by atoms with Crippen molar-refractivity contribution in [2.75, 3.05) is 13.1 Å². The van der Waals surface area contributed by atoms with Crippen molar-refractivity contribution < 1.29 is 5.11 Å². The lowest BCUT2D eigenvalue weighted by Crippen LogP contribution is -2.36. The molecule has 2 nitrogen and oxygen atoms in total. The van der Waals surface area contributed by atoms with Gasteiger partial charge in [-0.1, -0.05) is 6.92 Å². The number of aliphatic hydroxyl groups is 1. The van der Waals surface area contributed by atoms with Gasteiger partial charge in [0.05, 0.1) is 6.10 Å². The number of aliphatic hydroxyl groups excluding tert-OH is 1. The van der Waals surface area contributed by atoms with Gasteiger partial charge in [-0.25, -0.2) is 0 Å². The minimum atomic E-state index is 0.00780. The van der Waals surface area contributed by atoms with Crippen LogP contribution in [-0.2, 0) is 0 Å². The highest BCUT2D eigenvalue weighted by atomic mass is 16.3. The molecule has 1 aliphatic carbocycles. The lowest BCUT2D eigenvalue weighted by atomic mass is 9.82. The zero-order valence-electron chi connectivity index (χ0n) is 6.64. The molecule has 1 aliphatic rings. The standard InChI is InChI=1S/C8H17NO/c1-2-3-9-6-7-4-8(10)5-7/h7-10H,2-6H2,1H3. The van der Waals surface area contributed by atoms with Crippen molar-refractivity contribution in [1.82, 2.24) is 5.32 Å². The number of hydrogen-bond donors (Lipinski definition) is 2. The molecule has 10 heavy (non-hydrogen) atoms. The van der Waals surface area contributed by atoms with Crippen LogP contribution in [0.4, 0.5) is 0 Å². The molecule has 2 N–H and O–H groups in total. The van der Waals surface area contributed by atoms with Crippen LogP contribution < -0.4 is 5.32 Å². The van der Waals surface area contributed by atoms with E-state index in [-0.39, 0.29) is 6.10 Å². The first-order valence-corrected chi connectivity index (χ1v) is 4.21. The van der Waals surface area contributed by atoms with Gasteiger partial charge in [-0.2, -0.15) is 0 Å². The molecule has 0 saturated heterocycles. The van der Waals surface area contributed by atoms with Crippen LogP contribution in [0.15, 0.2) is 0 Å². The fraction of sp³-hybridized carbons (Fsp3) is 1.00. The van der Waals surface area contributed by atoms with Crippen LogP contribution in [0.25, 0.3) is 0 Å². The predicted octanol–water partition coefficient (Wildman–Crippen LogP) is 0.757. The van der Waals surface area contributed by atoms with Crippen LogP contribution in [0.3, 0.4) is 0 Å². The molecule has 1 rings (SSSR count). The van der Waals surface area contributed by atoms with Crippen LogP contribution in [0.2, 0.25) is 0 Å². The van der Waals surface area contributed by atoms with Gasteiger partial charge in [-0.05, 0) is 38.3 Å². The van der Waals surface area contributed by atoms with Crippen molar-refractivity contribution in [1.29, 1.82) is 0 Å². The molecular weight excluding hydrogens is 126 g/mol. The Hall–Kier alpha value is -0.0800. The quantitative estimate of drug-likeness (QED) is 0.569. The molecule has 0 atom stereocenters. The molecule has 2 heteroatoms. The van der Waals surface area contributed by atoms with Crippen molar-refractivity contribution in [3.8, 4) is 0 Å². The van der Waals surface area contributed by atoms with Gasteiger partial charge in [0, 0.05) is 0 Å². The summed E-state index contributed by atoms with van der Waals surface area (Å²) in [5.41, 5.74) is 0. The highest BCUT2D eigenvalue weighted by Gasteiger charge is 2.25. The van der Waals surface area contributed by atoms with Gasteiger partial charge in [0.15, 0.2) is 0 Å². The van der Waals surface area contributed by atoms with E-state index in [9.17, 15) is 0 Å². The van der Waals surface area contributed by atoms with Crippen molar-refractivity contribution in [2.24, 2.45) is 5.92 Å². The fourth-order valence-electron chi connectivity index (χ4n) is 1.35. The van der Waals surface area contributed by atoms with Crippen LogP contribution >= 0.6 is 0 Å². The molecule has 0 bridgehead atoms. The molecular formula is C8H17NO. The van der Waals surface area contributed by atoms with Gasteiger partial charge in [-0.15, -0.1) is 0 Å². The molecule has 0 radical (unpaired) electrons. The minimum absolute atomic E-state index is 0.00780. The Morgan fingerprint density at radius 3 is 2.70 bits per heavy atom. The Morgan fingerprint density at radius 1 is 1.50 bits per heavy atom. The van der Waals surface area contributed by atoms with E-state index in [1.807, 2.05) is 0 Å². The first-order chi connectivity index (χ1) is 4.83. The van der Waals surface area contributed by atoms with Crippen molar-refractivity contribution in [3.05, 3.63) is 0 Å². The third kappa shape index (κ3) is 2.27. The van der Waals surface area contributed by atoms with Crippen molar-refractivity contribution in [2.45, 2.75) is 32.3 Å². The van der Waals surface area contributed by atoms with E-state index in [1.165, 1.54) is 6.42 Å². The number of rotatable bonds is 4. The highest BCUT2D eigenvalue weighted by Crippen LogP contribution is 2.25. The highest BCUT2D eigenvalue weighted by molar-refractivity contribution is 4.79. The molecule has 0 aliphatic heterocycles. The molecule has 1 fully saturated rings. The third-order valence-electron chi connectivity index (χ3n) is 2.07. The summed E-state index contributed by atoms with van der Waals surface area (Å²) in [5.74, 6) is 0.751. The van der Waals surface area contributed by atoms with E-state index in [1.54, 1.807) is 0 Å². The smallest absolute Gasteiger partial charge is 0.0546 e. The summed E-state index contributed by atoms with van der Waals surface area (Å²) in [6.45, 7) is 4.39. The van der Waals surface area contributed by atoms with E-state index in [2.05, 4.69) is 12.2 Å². The summed E-state index contributed by atoms with van der Waals surface area (Å²) in [5, 5.41) is 12.3. The monoisotopic (exact) mass is 143 g/mol. The summed E-state index contributed by atoms with van der Waals surface area (Å²) < 4.78 is 0. The SMILES string of the molecule is CCCNCC1CC(O)C1. The number of hydrogen-bond acceptors (Lipinski definition) is 2. The zero-order chi connectivity index (χ0) is 7.40. The molecule has 0 unspecified atom stereocenters. The summed E-state index contributed by atoms with van der Waals surface area (Å²) in [7, 11) is 0. The Balaban J connectivity index is 1.86. The van der Waals surface area contributed by atoms with Crippen molar-refractivity contribution >= 4 is 0 Å². The zero-order valence-corrected chi connectivity index (χ0v) is 6.64. The average Bonchev–Trinajstić information content (AvgIpc) is 1.85. The second kappa shape index (κ2) is 3.94. The second-order valence-corrected chi connectivity index (χ2v) is 3.20. The third-order valence-corrected chi connectivity index (χ3v) is 2.07. The van der Waals surface area contributed by atoms with Crippen LogP contribution in [0.5, 0.6) is 0 Å². The summed E-state index contributed by atoms with van der Waals surface area (Å²) in [4.78, 5) is 0. The first-order valence-electron chi connectivity index (χ1n) is 4.21. The Bertz CT molecular complexity index is 89.3. The Labute approximate surface area is 62.6 Å². The van der Waals surface area contributed by atoms with E-state index < -0.39 is 0 Å². The molecule has 0 aromatic heterocycles. The van der Waals surface area contributed by atoms with Gasteiger partial charge in [0.25, 0.3) is 0 Å². The second-order valence-electron chi connectivity index (χ2n) is 3.20. The number of nitrogens with one attached hydrogen (secondary N) is 1. The lowest BCUT2D eigenvalue weighted by Gasteiger charge is -2.31. The molecule has 0 aromatic carbocycles. The van der Waals surface area contributed by atoms with Crippen LogP contribution in [0.1, 0.15) is 26.2 Å². The average molecular weight is 143 g/mol. The first kappa shape index (κ1) is 8.02. The topological polar surface area (TPSA) is 32.3 Å².